The van der Waals surface area contributed by atoms with Gasteiger partial charge in [0.2, 0.25) is 11.7 Å². The molecule has 0 spiro atoms. The van der Waals surface area contributed by atoms with Gasteiger partial charge >= 0.3 is 0 Å². The average Bonchev–Trinajstić information content (AvgIpc) is 2.78. The standard InChI is InChI=1S/C22H17ClN4O3/c1-29-19-9-13-12-25-22(27-18(13)11-20(19)30-2)26-14-6-7-15(16(23)10-14)21(28)17-5-3-4-8-24-17/h3-12H,1-2H3,(H,25,26,27). The highest BCUT2D eigenvalue weighted by Gasteiger charge is 2.15. The van der Waals surface area contributed by atoms with Crippen molar-refractivity contribution >= 4 is 39.9 Å². The van der Waals surface area contributed by atoms with E-state index in [1.807, 2.05) is 6.07 Å². The number of halogens is 1. The van der Waals surface area contributed by atoms with Crippen molar-refractivity contribution in [2.24, 2.45) is 0 Å². The molecule has 30 heavy (non-hydrogen) atoms. The SMILES string of the molecule is COc1cc2cnc(Nc3ccc(C(=O)c4ccccn4)c(Cl)c3)nc2cc1OC. The second-order valence-corrected chi connectivity index (χ2v) is 6.73. The molecule has 1 N–H and O–H groups in total. The second-order valence-electron chi connectivity index (χ2n) is 6.32. The Morgan fingerprint density at radius 1 is 1.00 bits per heavy atom. The van der Waals surface area contributed by atoms with E-state index >= 15 is 0 Å². The first-order valence-electron chi connectivity index (χ1n) is 9.00. The summed E-state index contributed by atoms with van der Waals surface area (Å²) in [6, 6.07) is 13.8. The van der Waals surface area contributed by atoms with Crippen LogP contribution in [0.3, 0.4) is 0 Å². The predicted molar refractivity (Wildman–Crippen MR) is 115 cm³/mol. The first-order valence-corrected chi connectivity index (χ1v) is 9.38. The summed E-state index contributed by atoms with van der Waals surface area (Å²) in [4.78, 5) is 25.5. The van der Waals surface area contributed by atoms with Crippen LogP contribution in [0.25, 0.3) is 10.9 Å². The Hall–Kier alpha value is -3.71. The third kappa shape index (κ3) is 3.88. The van der Waals surface area contributed by atoms with E-state index in [4.69, 9.17) is 21.1 Å². The van der Waals surface area contributed by atoms with Gasteiger partial charge in [-0.1, -0.05) is 17.7 Å². The van der Waals surface area contributed by atoms with Gasteiger partial charge < -0.3 is 14.8 Å². The number of benzene rings is 2. The van der Waals surface area contributed by atoms with Crippen LogP contribution in [0.1, 0.15) is 16.1 Å². The summed E-state index contributed by atoms with van der Waals surface area (Å²) in [5.41, 5.74) is 2.05. The molecule has 0 bridgehead atoms. The average molecular weight is 421 g/mol. The van der Waals surface area contributed by atoms with Crippen molar-refractivity contribution in [3.63, 3.8) is 0 Å². The fraction of sp³-hybridized carbons (Fsp3) is 0.0909. The maximum atomic E-state index is 12.6. The molecule has 150 valence electrons. The fourth-order valence-electron chi connectivity index (χ4n) is 2.96. The first kappa shape index (κ1) is 19.6. The van der Waals surface area contributed by atoms with Crippen LogP contribution >= 0.6 is 11.6 Å². The van der Waals surface area contributed by atoms with Gasteiger partial charge in [-0.3, -0.25) is 9.78 Å². The van der Waals surface area contributed by atoms with Gasteiger partial charge in [0.15, 0.2) is 11.5 Å². The number of anilines is 2. The van der Waals surface area contributed by atoms with Gasteiger partial charge in [-0.2, -0.15) is 0 Å². The van der Waals surface area contributed by atoms with E-state index < -0.39 is 0 Å². The highest BCUT2D eigenvalue weighted by Crippen LogP contribution is 2.32. The Balaban J connectivity index is 1.60. The zero-order chi connectivity index (χ0) is 21.1. The molecule has 0 unspecified atom stereocenters. The van der Waals surface area contributed by atoms with Gasteiger partial charge in [-0.05, 0) is 36.4 Å². The molecule has 2 aromatic heterocycles. The maximum Gasteiger partial charge on any atom is 0.227 e. The molecule has 2 heterocycles. The highest BCUT2D eigenvalue weighted by atomic mass is 35.5. The van der Waals surface area contributed by atoms with E-state index in [-0.39, 0.29) is 5.78 Å². The van der Waals surface area contributed by atoms with E-state index in [1.165, 1.54) is 0 Å². The van der Waals surface area contributed by atoms with Gasteiger partial charge in [-0.15, -0.1) is 0 Å². The van der Waals surface area contributed by atoms with Gasteiger partial charge in [-0.25, -0.2) is 9.97 Å². The number of hydrogen-bond donors (Lipinski definition) is 1. The van der Waals surface area contributed by atoms with Crippen molar-refractivity contribution in [3.05, 3.63) is 77.2 Å². The Kier molecular flexibility index (Phi) is 5.45. The Labute approximate surface area is 177 Å². The van der Waals surface area contributed by atoms with Gasteiger partial charge in [0, 0.05) is 35.1 Å². The maximum absolute atomic E-state index is 12.6. The largest absolute Gasteiger partial charge is 0.493 e. The van der Waals surface area contributed by atoms with Crippen LogP contribution in [0, 0.1) is 0 Å². The molecular weight excluding hydrogens is 404 g/mol. The number of rotatable bonds is 6. The molecule has 2 aromatic carbocycles. The smallest absolute Gasteiger partial charge is 0.227 e. The number of nitrogens with one attached hydrogen (secondary N) is 1. The van der Waals surface area contributed by atoms with Gasteiger partial charge in [0.1, 0.15) is 5.69 Å². The lowest BCUT2D eigenvalue weighted by atomic mass is 10.1. The third-order valence-corrected chi connectivity index (χ3v) is 4.77. The van der Waals surface area contributed by atoms with Crippen LogP contribution in [0.2, 0.25) is 5.02 Å². The van der Waals surface area contributed by atoms with Crippen molar-refractivity contribution in [1.82, 2.24) is 15.0 Å². The summed E-state index contributed by atoms with van der Waals surface area (Å²) in [5, 5.41) is 4.22. The molecule has 0 atom stereocenters. The number of methoxy groups -OCH3 is 2. The van der Waals surface area contributed by atoms with Gasteiger partial charge in [0.25, 0.3) is 0 Å². The van der Waals surface area contributed by atoms with Crippen LogP contribution in [0.15, 0.2) is 60.9 Å². The lowest BCUT2D eigenvalue weighted by Crippen LogP contribution is -2.05. The van der Waals surface area contributed by atoms with Crippen LogP contribution < -0.4 is 14.8 Å². The molecule has 0 saturated carbocycles. The molecule has 0 amide bonds. The van der Waals surface area contributed by atoms with Crippen LogP contribution in [0.5, 0.6) is 11.5 Å². The molecular formula is C22H17ClN4O3. The number of nitrogens with zero attached hydrogens (tertiary/aromatic N) is 3. The summed E-state index contributed by atoms with van der Waals surface area (Å²) in [6.45, 7) is 0. The quantitative estimate of drug-likeness (QED) is 0.453. The number of aromatic nitrogens is 3. The molecule has 0 aliphatic carbocycles. The Morgan fingerprint density at radius 2 is 1.80 bits per heavy atom. The molecule has 4 rings (SSSR count). The van der Waals surface area contributed by atoms with Gasteiger partial charge in [0.05, 0.1) is 24.8 Å². The van der Waals surface area contributed by atoms with Crippen molar-refractivity contribution < 1.29 is 14.3 Å². The summed E-state index contributed by atoms with van der Waals surface area (Å²) in [6.07, 6.45) is 3.26. The normalized spacial score (nSPS) is 10.6. The molecule has 0 saturated heterocycles. The Bertz CT molecular complexity index is 1230. The predicted octanol–water partition coefficient (Wildman–Crippen LogP) is 4.67. The number of pyridine rings is 1. The zero-order valence-corrected chi connectivity index (χ0v) is 17.0. The number of hydrogen-bond acceptors (Lipinski definition) is 7. The van der Waals surface area contributed by atoms with Crippen molar-refractivity contribution in [3.8, 4) is 11.5 Å². The summed E-state index contributed by atoms with van der Waals surface area (Å²) in [7, 11) is 3.15. The molecule has 0 radical (unpaired) electrons. The monoisotopic (exact) mass is 420 g/mol. The van der Waals surface area contributed by atoms with Crippen molar-refractivity contribution in [1.29, 1.82) is 0 Å². The summed E-state index contributed by atoms with van der Waals surface area (Å²) >= 11 is 6.35. The van der Waals surface area contributed by atoms with E-state index in [0.717, 1.165) is 5.39 Å². The minimum atomic E-state index is -0.241. The van der Waals surface area contributed by atoms with Crippen LogP contribution in [-0.2, 0) is 0 Å². The van der Waals surface area contributed by atoms with Crippen LogP contribution in [-0.4, -0.2) is 35.0 Å². The lowest BCUT2D eigenvalue weighted by molar-refractivity contribution is 0.103. The first-order chi connectivity index (χ1) is 14.6. The second kappa shape index (κ2) is 8.34. The molecule has 0 aliphatic heterocycles. The lowest BCUT2D eigenvalue weighted by Gasteiger charge is -2.11. The van der Waals surface area contributed by atoms with Crippen LogP contribution in [0.4, 0.5) is 11.6 Å². The summed E-state index contributed by atoms with van der Waals surface area (Å²) < 4.78 is 10.6. The number of ketones is 1. The summed E-state index contributed by atoms with van der Waals surface area (Å²) in [5.74, 6) is 1.33. The molecule has 0 aliphatic rings. The number of ether oxygens (including phenoxy) is 2. The van der Waals surface area contributed by atoms with Crippen molar-refractivity contribution in [2.75, 3.05) is 19.5 Å². The fourth-order valence-corrected chi connectivity index (χ4v) is 3.23. The number of carbonyl (C=O) groups is 1. The zero-order valence-electron chi connectivity index (χ0n) is 16.2. The topological polar surface area (TPSA) is 86.2 Å². The number of carbonyl (C=O) groups excluding carboxylic acids is 1. The van der Waals surface area contributed by atoms with E-state index in [1.54, 1.807) is 69.1 Å². The molecule has 7 nitrogen and oxygen atoms in total. The molecule has 4 aromatic rings. The van der Waals surface area contributed by atoms with E-state index in [9.17, 15) is 4.79 Å². The molecule has 0 fully saturated rings. The third-order valence-electron chi connectivity index (χ3n) is 4.45. The highest BCUT2D eigenvalue weighted by molar-refractivity contribution is 6.35. The van der Waals surface area contributed by atoms with E-state index in [2.05, 4.69) is 20.3 Å². The Morgan fingerprint density at radius 3 is 2.50 bits per heavy atom. The van der Waals surface area contributed by atoms with Crippen molar-refractivity contribution in [2.45, 2.75) is 0 Å². The minimum Gasteiger partial charge on any atom is -0.493 e. The minimum absolute atomic E-state index is 0.241. The molecule has 8 heteroatoms. The van der Waals surface area contributed by atoms with E-state index in [0.29, 0.717) is 44.9 Å². The number of fused-ring (bicyclic) bond motifs is 1.